The average Bonchev–Trinajstić information content (AvgIpc) is 3.34. The first-order valence-corrected chi connectivity index (χ1v) is 15.0. The molecule has 30 heavy (non-hydrogen) atoms. The van der Waals surface area contributed by atoms with Crippen molar-refractivity contribution >= 4 is 18.1 Å². The van der Waals surface area contributed by atoms with Gasteiger partial charge in [0.25, 0.3) is 0 Å². The summed E-state index contributed by atoms with van der Waals surface area (Å²) in [7, 11) is -5.08. The summed E-state index contributed by atoms with van der Waals surface area (Å²) in [6, 6.07) is 6.77. The van der Waals surface area contributed by atoms with E-state index in [0.717, 1.165) is 11.5 Å². The Kier molecular flexibility index (Phi) is 11.3. The van der Waals surface area contributed by atoms with Gasteiger partial charge in [0.2, 0.25) is 10.0 Å². The molecule has 0 saturated heterocycles. The average molecular weight is 484 g/mol. The Morgan fingerprint density at radius 3 is 1.77 bits per heavy atom. The van der Waals surface area contributed by atoms with Crippen LogP contribution in [0.15, 0.2) is 29.2 Å². The van der Waals surface area contributed by atoms with E-state index in [2.05, 4.69) is 51.1 Å². The van der Waals surface area contributed by atoms with Crippen LogP contribution in [0, 0.1) is 75.7 Å². The maximum absolute atomic E-state index is 12.8. The topological polar surface area (TPSA) is 46.2 Å². The van der Waals surface area contributed by atoms with Crippen molar-refractivity contribution in [1.82, 2.24) is 4.72 Å². The molecule has 0 heterocycles. The molecule has 2 aliphatic rings. The molecule has 2 aliphatic carbocycles. The molecule has 6 heteroatoms. The van der Waals surface area contributed by atoms with Gasteiger partial charge in [0.1, 0.15) is 0 Å². The van der Waals surface area contributed by atoms with Gasteiger partial charge in [-0.05, 0) is 81.9 Å². The smallest absolute Gasteiger partial charge is 0.207 e. The molecule has 0 bridgehead atoms. The Morgan fingerprint density at radius 2 is 1.33 bits per heavy atom. The predicted octanol–water partition coefficient (Wildman–Crippen LogP) is 4.97. The van der Waals surface area contributed by atoms with Crippen molar-refractivity contribution in [2.45, 2.75) is 51.3 Å². The van der Waals surface area contributed by atoms with Gasteiger partial charge in [0, 0.05) is 12.0 Å². The van der Waals surface area contributed by atoms with Crippen molar-refractivity contribution < 1.29 is 25.5 Å². The maximum Gasteiger partial charge on any atom is 2.00 e. The zero-order chi connectivity index (χ0) is 21.7. The Balaban J connectivity index is 0.000000655. The summed E-state index contributed by atoms with van der Waals surface area (Å²) in [4.78, 5) is 0.319. The second kappa shape index (κ2) is 12.2. The van der Waals surface area contributed by atoms with Crippen molar-refractivity contribution in [3.05, 3.63) is 92.7 Å². The summed E-state index contributed by atoms with van der Waals surface area (Å²) in [6.07, 6.45) is 16.3. The van der Waals surface area contributed by atoms with Crippen molar-refractivity contribution in [3.8, 4) is 0 Å². The van der Waals surface area contributed by atoms with E-state index in [-0.39, 0.29) is 29.0 Å². The zero-order valence-corrected chi connectivity index (χ0v) is 21.6. The monoisotopic (exact) mass is 483 g/mol. The van der Waals surface area contributed by atoms with Crippen molar-refractivity contribution in [2.75, 3.05) is 0 Å². The summed E-state index contributed by atoms with van der Waals surface area (Å²) in [5, 5.41) is 0. The second-order valence-corrected chi connectivity index (χ2v) is 15.5. The van der Waals surface area contributed by atoms with E-state index < -0.39 is 18.1 Å². The summed E-state index contributed by atoms with van der Waals surface area (Å²) in [5.41, 5.74) is 2.37. The number of sulfonamides is 1. The van der Waals surface area contributed by atoms with E-state index in [1.165, 1.54) is 5.54 Å². The molecule has 2 fully saturated rings. The van der Waals surface area contributed by atoms with Crippen molar-refractivity contribution in [1.29, 1.82) is 0 Å². The third-order valence-electron chi connectivity index (χ3n) is 4.83. The van der Waals surface area contributed by atoms with E-state index in [1.807, 2.05) is 57.6 Å². The molecule has 10 radical (unpaired) electrons. The summed E-state index contributed by atoms with van der Waals surface area (Å²) >= 11 is 0. The van der Waals surface area contributed by atoms with Crippen LogP contribution in [0.4, 0.5) is 0 Å². The van der Waals surface area contributed by atoms with E-state index >= 15 is 0 Å². The first kappa shape index (κ1) is 27.9. The van der Waals surface area contributed by atoms with Gasteiger partial charge < -0.3 is 0 Å². The summed E-state index contributed by atoms with van der Waals surface area (Å²) in [6.45, 7) is 12.9. The van der Waals surface area contributed by atoms with Crippen LogP contribution in [0.25, 0.3) is 0 Å². The fourth-order valence-electron chi connectivity index (χ4n) is 3.22. The second-order valence-electron chi connectivity index (χ2n) is 8.76. The minimum Gasteiger partial charge on any atom is -0.207 e. The van der Waals surface area contributed by atoms with Gasteiger partial charge in [-0.2, -0.15) is 0 Å². The van der Waals surface area contributed by atoms with Gasteiger partial charge in [-0.15, -0.1) is 0 Å². The number of benzene rings is 1. The molecule has 162 valence electrons. The maximum atomic E-state index is 12.8. The Bertz CT molecular complexity index is 717. The minimum absolute atomic E-state index is 0. The summed E-state index contributed by atoms with van der Waals surface area (Å²) in [5.74, 6) is 1.29. The Labute approximate surface area is 197 Å². The molecule has 0 aromatic heterocycles. The SMILES string of the molecule is Cc1ccc(S(=O)(=O)N[C@H]([C]2[CH][CH][CH][C]2[Si](C)(C)C)C(C)C)cc1.[CH]1[CH][CH][CH][CH]1.[Fe+2]. The molecule has 1 atom stereocenters. The number of hydrogen-bond acceptors (Lipinski definition) is 2. The molecule has 0 unspecified atom stereocenters. The van der Waals surface area contributed by atoms with Crippen molar-refractivity contribution in [3.63, 3.8) is 0 Å². The zero-order valence-electron chi connectivity index (χ0n) is 18.7. The third kappa shape index (κ3) is 8.09. The first-order chi connectivity index (χ1) is 13.5. The first-order valence-electron chi connectivity index (χ1n) is 10.0. The number of hydrogen-bond donors (Lipinski definition) is 1. The number of nitrogens with one attached hydrogen (secondary N) is 1. The van der Waals surface area contributed by atoms with Gasteiger partial charge in [-0.1, -0.05) is 51.2 Å². The minimum atomic E-state index is -3.54. The van der Waals surface area contributed by atoms with E-state index in [9.17, 15) is 8.42 Å². The predicted molar refractivity (Wildman–Crippen MR) is 124 cm³/mol. The molecule has 2 saturated carbocycles. The standard InChI is InChI=1S/C19H28NO2SSi.C5H5.Fe/c1-14(2)19(17-8-7-9-18(17)24(4,5)6)20-23(21,22)16-12-10-15(3)11-13-16;1-2-4-5-3-1;/h7-14,19-20H,1-6H3;1-5H;/q;;+2/t19-;;/m0../s1. The molecule has 0 spiro atoms. The van der Waals surface area contributed by atoms with Crippen molar-refractivity contribution in [2.24, 2.45) is 5.92 Å². The van der Waals surface area contributed by atoms with Crippen LogP contribution >= 0.6 is 0 Å². The van der Waals surface area contributed by atoms with Crippen LogP contribution in [0.5, 0.6) is 0 Å². The van der Waals surface area contributed by atoms with Crippen LogP contribution < -0.4 is 4.72 Å². The quantitative estimate of drug-likeness (QED) is 0.581. The molecule has 0 amide bonds. The molecule has 3 nitrogen and oxygen atoms in total. The van der Waals surface area contributed by atoms with Crippen LogP contribution in [0.3, 0.4) is 0 Å². The fraction of sp³-hybridized carbons (Fsp3) is 0.333. The summed E-state index contributed by atoms with van der Waals surface area (Å²) < 4.78 is 28.6. The molecule has 1 aromatic rings. The van der Waals surface area contributed by atoms with Gasteiger partial charge in [0.15, 0.2) is 0 Å². The Morgan fingerprint density at radius 1 is 0.833 bits per heavy atom. The van der Waals surface area contributed by atoms with Gasteiger partial charge in [0.05, 0.1) is 13.0 Å². The van der Waals surface area contributed by atoms with Crippen LogP contribution in [0.1, 0.15) is 19.4 Å². The van der Waals surface area contributed by atoms with Crippen LogP contribution in [-0.4, -0.2) is 22.5 Å². The van der Waals surface area contributed by atoms with E-state index in [0.29, 0.717) is 4.90 Å². The van der Waals surface area contributed by atoms with Gasteiger partial charge >= 0.3 is 17.1 Å². The Hall–Kier alpha value is -0.134. The molecule has 1 N–H and O–H groups in total. The van der Waals surface area contributed by atoms with Crippen LogP contribution in [0.2, 0.25) is 19.6 Å². The molecule has 0 aliphatic heterocycles. The van der Waals surface area contributed by atoms with Gasteiger partial charge in [-0.3, -0.25) is 0 Å². The van der Waals surface area contributed by atoms with E-state index in [1.54, 1.807) is 12.1 Å². The molecule has 1 aromatic carbocycles. The number of aryl methyl sites for hydroxylation is 1. The third-order valence-corrected chi connectivity index (χ3v) is 8.36. The number of rotatable bonds is 6. The molecular formula is C24H33FeNO2SSi+2. The van der Waals surface area contributed by atoms with Crippen LogP contribution in [-0.2, 0) is 27.1 Å². The normalized spacial score (nSPS) is 19.3. The molecule has 3 rings (SSSR count). The van der Waals surface area contributed by atoms with E-state index in [4.69, 9.17) is 0 Å². The largest absolute Gasteiger partial charge is 2.00 e. The van der Waals surface area contributed by atoms with Gasteiger partial charge in [-0.25, -0.2) is 13.1 Å². The molecular weight excluding hydrogens is 450 g/mol. The fourth-order valence-corrected chi connectivity index (χ4v) is 6.29.